The highest BCUT2D eigenvalue weighted by Crippen LogP contribution is 2.37. The lowest BCUT2D eigenvalue weighted by molar-refractivity contribution is 1.22. The van der Waals surface area contributed by atoms with Crippen molar-refractivity contribution in [1.29, 1.82) is 0 Å². The van der Waals surface area contributed by atoms with Crippen LogP contribution in [0.3, 0.4) is 0 Å². The van der Waals surface area contributed by atoms with Crippen LogP contribution in [0.4, 0.5) is 17.1 Å². The second-order valence-electron chi connectivity index (χ2n) is 6.73. The van der Waals surface area contributed by atoms with Crippen molar-refractivity contribution in [2.75, 3.05) is 4.90 Å². The Labute approximate surface area is 145 Å². The first kappa shape index (κ1) is 16.3. The molecule has 0 heterocycles. The van der Waals surface area contributed by atoms with E-state index in [9.17, 15) is 0 Å². The van der Waals surface area contributed by atoms with Gasteiger partial charge in [0.1, 0.15) is 0 Å². The maximum Gasteiger partial charge on any atom is 0.0490 e. The highest BCUT2D eigenvalue weighted by Gasteiger charge is 2.15. The lowest BCUT2D eigenvalue weighted by Gasteiger charge is -2.28. The Balaban J connectivity index is 2.20. The molecule has 0 saturated carbocycles. The summed E-state index contributed by atoms with van der Waals surface area (Å²) in [6.07, 6.45) is 0. The van der Waals surface area contributed by atoms with Crippen LogP contribution < -0.4 is 4.90 Å². The zero-order valence-electron chi connectivity index (χ0n) is 15.2. The van der Waals surface area contributed by atoms with Crippen molar-refractivity contribution in [3.8, 4) is 0 Å². The van der Waals surface area contributed by atoms with Crippen LogP contribution in [0.15, 0.2) is 60.7 Å². The zero-order valence-corrected chi connectivity index (χ0v) is 15.2. The van der Waals surface area contributed by atoms with Crippen molar-refractivity contribution in [1.82, 2.24) is 0 Å². The maximum atomic E-state index is 2.35. The topological polar surface area (TPSA) is 3.24 Å². The van der Waals surface area contributed by atoms with Crippen LogP contribution in [0.5, 0.6) is 0 Å². The fourth-order valence-corrected chi connectivity index (χ4v) is 3.04. The average molecular weight is 315 g/mol. The number of aryl methyl sites for hydroxylation is 5. The second kappa shape index (κ2) is 6.52. The van der Waals surface area contributed by atoms with Gasteiger partial charge in [0.05, 0.1) is 0 Å². The second-order valence-corrected chi connectivity index (χ2v) is 6.73. The highest BCUT2D eigenvalue weighted by atomic mass is 15.1. The monoisotopic (exact) mass is 315 g/mol. The fraction of sp³-hybridized carbons (Fsp3) is 0.217. The van der Waals surface area contributed by atoms with Crippen molar-refractivity contribution in [2.24, 2.45) is 0 Å². The first-order valence-corrected chi connectivity index (χ1v) is 8.47. The van der Waals surface area contributed by atoms with Gasteiger partial charge in [-0.15, -0.1) is 0 Å². The molecule has 24 heavy (non-hydrogen) atoms. The molecule has 0 fully saturated rings. The molecular formula is C23H25N. The molecule has 0 aromatic heterocycles. The third kappa shape index (κ3) is 3.21. The molecule has 122 valence electrons. The molecule has 3 aromatic rings. The molecule has 0 radical (unpaired) electrons. The summed E-state index contributed by atoms with van der Waals surface area (Å²) in [6.45, 7) is 10.8. The normalized spacial score (nSPS) is 10.7. The summed E-state index contributed by atoms with van der Waals surface area (Å²) >= 11 is 0. The van der Waals surface area contributed by atoms with E-state index >= 15 is 0 Å². The van der Waals surface area contributed by atoms with Gasteiger partial charge >= 0.3 is 0 Å². The maximum absolute atomic E-state index is 2.35. The quantitative estimate of drug-likeness (QED) is 0.520. The van der Waals surface area contributed by atoms with E-state index in [-0.39, 0.29) is 0 Å². The number of hydrogen-bond donors (Lipinski definition) is 0. The van der Waals surface area contributed by atoms with E-state index in [4.69, 9.17) is 0 Å². The summed E-state index contributed by atoms with van der Waals surface area (Å²) in [4.78, 5) is 2.35. The summed E-state index contributed by atoms with van der Waals surface area (Å²) in [7, 11) is 0. The fourth-order valence-electron chi connectivity index (χ4n) is 3.04. The van der Waals surface area contributed by atoms with Gasteiger partial charge in [-0.1, -0.05) is 41.5 Å². The van der Waals surface area contributed by atoms with Gasteiger partial charge in [-0.2, -0.15) is 0 Å². The number of benzene rings is 3. The molecule has 0 N–H and O–H groups in total. The minimum absolute atomic E-state index is 1.19. The number of nitrogens with zero attached hydrogens (tertiary/aromatic N) is 1. The predicted molar refractivity (Wildman–Crippen MR) is 105 cm³/mol. The van der Waals surface area contributed by atoms with Crippen LogP contribution in [0.25, 0.3) is 0 Å². The lowest BCUT2D eigenvalue weighted by atomic mass is 10.0. The highest BCUT2D eigenvalue weighted by molar-refractivity contribution is 5.79. The smallest absolute Gasteiger partial charge is 0.0490 e. The Kier molecular flexibility index (Phi) is 4.44. The molecule has 1 nitrogen and oxygen atoms in total. The van der Waals surface area contributed by atoms with Gasteiger partial charge in [0.15, 0.2) is 0 Å². The minimum atomic E-state index is 1.19. The molecule has 0 bridgehead atoms. The summed E-state index contributed by atoms with van der Waals surface area (Å²) in [6, 6.07) is 22.1. The summed E-state index contributed by atoms with van der Waals surface area (Å²) in [5, 5.41) is 0. The van der Waals surface area contributed by atoms with E-state index < -0.39 is 0 Å². The van der Waals surface area contributed by atoms with Crippen LogP contribution in [0.2, 0.25) is 0 Å². The average Bonchev–Trinajstić information content (AvgIpc) is 2.54. The van der Waals surface area contributed by atoms with E-state index in [1.165, 1.54) is 44.9 Å². The molecule has 3 aromatic carbocycles. The van der Waals surface area contributed by atoms with E-state index in [1.54, 1.807) is 0 Å². The van der Waals surface area contributed by atoms with Gasteiger partial charge in [0, 0.05) is 17.1 Å². The van der Waals surface area contributed by atoms with E-state index in [0.717, 1.165) is 0 Å². The van der Waals surface area contributed by atoms with Crippen molar-refractivity contribution >= 4 is 17.1 Å². The minimum Gasteiger partial charge on any atom is -0.310 e. The Bertz CT molecular complexity index is 860. The first-order chi connectivity index (χ1) is 11.5. The van der Waals surface area contributed by atoms with Gasteiger partial charge in [-0.05, 0) is 81.6 Å². The lowest BCUT2D eigenvalue weighted by Crippen LogP contribution is -2.11. The summed E-state index contributed by atoms with van der Waals surface area (Å²) < 4.78 is 0. The van der Waals surface area contributed by atoms with Crippen molar-refractivity contribution in [3.63, 3.8) is 0 Å². The van der Waals surface area contributed by atoms with Gasteiger partial charge in [0.2, 0.25) is 0 Å². The molecule has 0 saturated heterocycles. The van der Waals surface area contributed by atoms with Crippen molar-refractivity contribution < 1.29 is 0 Å². The molecular weight excluding hydrogens is 290 g/mol. The molecule has 1 heteroatoms. The summed E-state index contributed by atoms with van der Waals surface area (Å²) in [5.74, 6) is 0. The van der Waals surface area contributed by atoms with Gasteiger partial charge in [-0.3, -0.25) is 0 Å². The largest absolute Gasteiger partial charge is 0.310 e. The van der Waals surface area contributed by atoms with Crippen molar-refractivity contribution in [2.45, 2.75) is 34.6 Å². The molecule has 0 aliphatic carbocycles. The summed E-state index contributed by atoms with van der Waals surface area (Å²) in [5.41, 5.74) is 10.1. The Morgan fingerprint density at radius 2 is 1.12 bits per heavy atom. The SMILES string of the molecule is Cc1ccc(N(c2ccc(C)c(C)c2)c2ccc(C)cc2C)cc1. The molecule has 0 aliphatic rings. The third-order valence-corrected chi connectivity index (χ3v) is 4.63. The Morgan fingerprint density at radius 3 is 1.75 bits per heavy atom. The number of anilines is 3. The van der Waals surface area contributed by atoms with Gasteiger partial charge in [0.25, 0.3) is 0 Å². The standard InChI is InChI=1S/C23H25N/c1-16-6-10-21(11-7-16)24(22-12-9-18(3)19(4)15-22)23-13-8-17(2)14-20(23)5/h6-15H,1-5H3. The van der Waals surface area contributed by atoms with E-state index in [0.29, 0.717) is 0 Å². The van der Waals surface area contributed by atoms with Gasteiger partial charge < -0.3 is 4.90 Å². The molecule has 0 amide bonds. The predicted octanol–water partition coefficient (Wildman–Crippen LogP) is 6.70. The van der Waals surface area contributed by atoms with Crippen LogP contribution in [0.1, 0.15) is 27.8 Å². The van der Waals surface area contributed by atoms with Crippen LogP contribution >= 0.6 is 0 Å². The van der Waals surface area contributed by atoms with Crippen LogP contribution in [0, 0.1) is 34.6 Å². The Hall–Kier alpha value is -2.54. The van der Waals surface area contributed by atoms with Crippen LogP contribution in [-0.4, -0.2) is 0 Å². The molecule has 3 rings (SSSR count). The molecule has 0 spiro atoms. The number of rotatable bonds is 3. The third-order valence-electron chi connectivity index (χ3n) is 4.63. The zero-order chi connectivity index (χ0) is 17.3. The van der Waals surface area contributed by atoms with Crippen LogP contribution in [-0.2, 0) is 0 Å². The Morgan fingerprint density at radius 1 is 0.500 bits per heavy atom. The molecule has 0 aliphatic heterocycles. The van der Waals surface area contributed by atoms with Gasteiger partial charge in [-0.25, -0.2) is 0 Å². The van der Waals surface area contributed by atoms with E-state index in [2.05, 4.69) is 100 Å². The molecule has 0 atom stereocenters. The van der Waals surface area contributed by atoms with Crippen molar-refractivity contribution in [3.05, 3.63) is 88.5 Å². The number of hydrogen-bond acceptors (Lipinski definition) is 1. The van der Waals surface area contributed by atoms with E-state index in [1.807, 2.05) is 0 Å². The molecule has 0 unspecified atom stereocenters. The first-order valence-electron chi connectivity index (χ1n) is 8.47.